The molecule has 0 amide bonds. The van der Waals surface area contributed by atoms with Crippen LogP contribution < -0.4 is 0 Å². The van der Waals surface area contributed by atoms with E-state index in [4.69, 9.17) is 4.74 Å². The van der Waals surface area contributed by atoms with Gasteiger partial charge in [-0.3, -0.25) is 4.79 Å². The molecule has 0 aromatic heterocycles. The summed E-state index contributed by atoms with van der Waals surface area (Å²) in [5.74, 6) is 3.50. The Morgan fingerprint density at radius 2 is 1.63 bits per heavy atom. The number of carbonyl (C=O) groups is 1. The first-order valence-electron chi connectivity index (χ1n) is 11.5. The molecule has 0 saturated heterocycles. The Balaban J connectivity index is 1.54. The maximum atomic E-state index is 11.4. The second kappa shape index (κ2) is 6.47. The maximum Gasteiger partial charge on any atom is 0.302 e. The lowest BCUT2D eigenvalue weighted by atomic mass is 9.44. The van der Waals surface area contributed by atoms with Gasteiger partial charge >= 0.3 is 5.97 Å². The summed E-state index contributed by atoms with van der Waals surface area (Å²) in [6.45, 7) is 10.7. The van der Waals surface area contributed by atoms with Crippen molar-refractivity contribution in [3.05, 3.63) is 0 Å². The van der Waals surface area contributed by atoms with Crippen molar-refractivity contribution in [3.8, 4) is 0 Å². The molecule has 0 spiro atoms. The molecule has 8 atom stereocenters. The van der Waals surface area contributed by atoms with E-state index < -0.39 is 5.60 Å². The molecule has 4 aliphatic carbocycles. The summed E-state index contributed by atoms with van der Waals surface area (Å²) in [6, 6.07) is 0. The number of fused-ring (bicyclic) bond motifs is 5. The topological polar surface area (TPSA) is 46.5 Å². The summed E-state index contributed by atoms with van der Waals surface area (Å²) in [6.07, 6.45) is 11.3. The minimum absolute atomic E-state index is 0.116. The lowest BCUT2D eigenvalue weighted by Crippen LogP contribution is -2.55. The predicted octanol–water partition coefficient (Wildman–Crippen LogP) is 5.35. The first-order chi connectivity index (χ1) is 12.6. The minimum atomic E-state index is -0.556. The van der Waals surface area contributed by atoms with Gasteiger partial charge in [0.25, 0.3) is 0 Å². The fraction of sp³-hybridized carbons (Fsp3) is 0.958. The second-order valence-electron chi connectivity index (χ2n) is 11.5. The number of ether oxygens (including phenoxy) is 1. The van der Waals surface area contributed by atoms with Crippen LogP contribution in [0.3, 0.4) is 0 Å². The molecule has 0 radical (unpaired) electrons. The highest BCUT2D eigenvalue weighted by atomic mass is 16.5. The fourth-order valence-electron chi connectivity index (χ4n) is 8.72. The summed E-state index contributed by atoms with van der Waals surface area (Å²) >= 11 is 0. The molecule has 4 saturated carbocycles. The van der Waals surface area contributed by atoms with Gasteiger partial charge in [-0.2, -0.15) is 0 Å². The van der Waals surface area contributed by atoms with Crippen LogP contribution in [0, 0.1) is 40.4 Å². The van der Waals surface area contributed by atoms with E-state index in [1.807, 2.05) is 13.8 Å². The molecule has 0 aliphatic heterocycles. The van der Waals surface area contributed by atoms with E-state index in [-0.39, 0.29) is 12.1 Å². The average Bonchev–Trinajstić information content (AvgIpc) is 2.92. The van der Waals surface area contributed by atoms with Crippen LogP contribution in [0.1, 0.15) is 92.4 Å². The Morgan fingerprint density at radius 3 is 2.30 bits per heavy atom. The smallest absolute Gasteiger partial charge is 0.302 e. The molecule has 3 heteroatoms. The first kappa shape index (κ1) is 19.7. The number of carbonyl (C=O) groups excluding carboxylic acids is 1. The zero-order chi connectivity index (χ0) is 19.6. The van der Waals surface area contributed by atoms with Crippen LogP contribution in [0.15, 0.2) is 0 Å². The lowest BCUT2D eigenvalue weighted by molar-refractivity contribution is -0.163. The van der Waals surface area contributed by atoms with Crippen LogP contribution in [0.5, 0.6) is 0 Å². The van der Waals surface area contributed by atoms with Crippen molar-refractivity contribution in [2.24, 2.45) is 40.4 Å². The van der Waals surface area contributed by atoms with Gasteiger partial charge in [0.1, 0.15) is 6.10 Å². The van der Waals surface area contributed by atoms with Gasteiger partial charge < -0.3 is 9.84 Å². The van der Waals surface area contributed by atoms with Gasteiger partial charge in [0.15, 0.2) is 0 Å². The van der Waals surface area contributed by atoms with E-state index in [0.29, 0.717) is 22.7 Å². The van der Waals surface area contributed by atoms with Gasteiger partial charge in [-0.25, -0.2) is 0 Å². The van der Waals surface area contributed by atoms with Crippen LogP contribution in [0.4, 0.5) is 0 Å². The molecule has 0 bridgehead atoms. The predicted molar refractivity (Wildman–Crippen MR) is 107 cm³/mol. The molecule has 0 unspecified atom stereocenters. The Hall–Kier alpha value is -0.570. The van der Waals surface area contributed by atoms with Gasteiger partial charge in [-0.05, 0) is 112 Å². The van der Waals surface area contributed by atoms with E-state index in [9.17, 15) is 9.90 Å². The quantitative estimate of drug-likeness (QED) is 0.661. The zero-order valence-electron chi connectivity index (χ0n) is 18.1. The van der Waals surface area contributed by atoms with Crippen LogP contribution in [0.2, 0.25) is 0 Å². The van der Waals surface area contributed by atoms with E-state index in [0.717, 1.165) is 30.6 Å². The monoisotopic (exact) mass is 376 g/mol. The highest BCUT2D eigenvalue weighted by molar-refractivity contribution is 5.66. The Kier molecular flexibility index (Phi) is 4.73. The molecule has 4 fully saturated rings. The molecule has 4 aliphatic rings. The summed E-state index contributed by atoms with van der Waals surface area (Å²) in [5.41, 5.74) is 0.185. The van der Waals surface area contributed by atoms with Gasteiger partial charge in [0.2, 0.25) is 0 Å². The number of esters is 1. The summed E-state index contributed by atoms with van der Waals surface area (Å²) in [5, 5.41) is 10.8. The number of rotatable bonds is 2. The molecule has 3 nitrogen and oxygen atoms in total. The molecule has 27 heavy (non-hydrogen) atoms. The van der Waals surface area contributed by atoms with Gasteiger partial charge in [0, 0.05) is 6.92 Å². The average molecular weight is 377 g/mol. The molecule has 4 rings (SSSR count). The van der Waals surface area contributed by atoms with Crippen LogP contribution in [0.25, 0.3) is 0 Å². The van der Waals surface area contributed by atoms with Crippen molar-refractivity contribution in [1.29, 1.82) is 0 Å². The van der Waals surface area contributed by atoms with E-state index >= 15 is 0 Å². The third-order valence-electron chi connectivity index (χ3n) is 9.80. The SMILES string of the molecule is CC(=O)O[C@@H]1CC[C@@]2(C)[C@H](CC[C@@H]3[C@@H]2CC[C@]2(C)[C@@H](C(C)(C)O)CC[C@@H]32)C1. The third kappa shape index (κ3) is 3.07. The Labute approximate surface area is 165 Å². The van der Waals surface area contributed by atoms with Gasteiger partial charge in [-0.15, -0.1) is 0 Å². The van der Waals surface area contributed by atoms with Crippen molar-refractivity contribution in [1.82, 2.24) is 0 Å². The fourth-order valence-corrected chi connectivity index (χ4v) is 8.72. The molecule has 1 N–H and O–H groups in total. The summed E-state index contributed by atoms with van der Waals surface area (Å²) in [7, 11) is 0. The molecule has 0 aromatic rings. The highest BCUT2D eigenvalue weighted by Crippen LogP contribution is 2.68. The molecule has 0 heterocycles. The molecular formula is C24H40O3. The largest absolute Gasteiger partial charge is 0.463 e. The number of aliphatic hydroxyl groups is 1. The number of hydrogen-bond acceptors (Lipinski definition) is 3. The van der Waals surface area contributed by atoms with Crippen molar-refractivity contribution < 1.29 is 14.6 Å². The summed E-state index contributed by atoms with van der Waals surface area (Å²) < 4.78 is 5.59. The minimum Gasteiger partial charge on any atom is -0.463 e. The highest BCUT2D eigenvalue weighted by Gasteiger charge is 2.61. The molecule has 0 aromatic carbocycles. The standard InChI is InChI=1S/C24H40O3/c1-15(25)27-17-10-12-23(4)16(14-17)6-7-18-19-8-9-21(22(2,3)26)24(19,5)13-11-20(18)23/h16-21,26H,6-14H2,1-5H3/t16-,17-,18+,19+,20+,21-,23+,24+/m1/s1. The van der Waals surface area contributed by atoms with Crippen molar-refractivity contribution in [2.45, 2.75) is 104 Å². The zero-order valence-corrected chi connectivity index (χ0v) is 18.1. The Bertz CT molecular complexity index is 593. The van der Waals surface area contributed by atoms with Crippen molar-refractivity contribution in [2.75, 3.05) is 0 Å². The van der Waals surface area contributed by atoms with E-state index in [2.05, 4.69) is 13.8 Å². The normalized spacial score (nSPS) is 49.7. The van der Waals surface area contributed by atoms with Crippen LogP contribution >= 0.6 is 0 Å². The van der Waals surface area contributed by atoms with Gasteiger partial charge in [0.05, 0.1) is 5.60 Å². The van der Waals surface area contributed by atoms with Crippen LogP contribution in [-0.2, 0) is 9.53 Å². The van der Waals surface area contributed by atoms with E-state index in [1.54, 1.807) is 6.92 Å². The van der Waals surface area contributed by atoms with Gasteiger partial charge in [-0.1, -0.05) is 13.8 Å². The van der Waals surface area contributed by atoms with E-state index in [1.165, 1.54) is 44.9 Å². The summed E-state index contributed by atoms with van der Waals surface area (Å²) in [4.78, 5) is 11.4. The third-order valence-corrected chi connectivity index (χ3v) is 9.80. The molecular weight excluding hydrogens is 336 g/mol. The van der Waals surface area contributed by atoms with Crippen molar-refractivity contribution >= 4 is 5.97 Å². The first-order valence-corrected chi connectivity index (χ1v) is 11.5. The van der Waals surface area contributed by atoms with Crippen LogP contribution in [-0.4, -0.2) is 22.8 Å². The molecule has 154 valence electrons. The second-order valence-corrected chi connectivity index (χ2v) is 11.5. The maximum absolute atomic E-state index is 11.4. The number of hydrogen-bond donors (Lipinski definition) is 1. The lowest BCUT2D eigenvalue weighted by Gasteiger charge is -2.61. The Morgan fingerprint density at radius 1 is 0.963 bits per heavy atom. The van der Waals surface area contributed by atoms with Crippen molar-refractivity contribution in [3.63, 3.8) is 0 Å².